The van der Waals surface area contributed by atoms with Gasteiger partial charge >= 0.3 is 17.9 Å². The van der Waals surface area contributed by atoms with Gasteiger partial charge in [-0.3, -0.25) is 14.4 Å². The summed E-state index contributed by atoms with van der Waals surface area (Å²) in [5.74, 6) is -0.925. The topological polar surface area (TPSA) is 78.9 Å². The summed E-state index contributed by atoms with van der Waals surface area (Å²) < 4.78 is 16.8. The minimum Gasteiger partial charge on any atom is -0.462 e. The van der Waals surface area contributed by atoms with Crippen LogP contribution in [-0.2, 0) is 28.6 Å². The molecular weight excluding hydrogens is 901 g/mol. The molecule has 0 rings (SSSR count). The van der Waals surface area contributed by atoms with Gasteiger partial charge in [-0.2, -0.15) is 0 Å². The lowest BCUT2D eigenvalue weighted by Gasteiger charge is -2.18. The van der Waals surface area contributed by atoms with Gasteiger partial charge in [0.25, 0.3) is 0 Å². The average molecular weight is 1010 g/mol. The molecule has 0 aromatic carbocycles. The minimum absolute atomic E-state index is 0.0894. The van der Waals surface area contributed by atoms with Crippen molar-refractivity contribution < 1.29 is 28.6 Å². The zero-order valence-electron chi connectivity index (χ0n) is 47.1. The Morgan fingerprint density at radius 3 is 0.836 bits per heavy atom. The summed E-state index contributed by atoms with van der Waals surface area (Å²) in [7, 11) is 0. The van der Waals surface area contributed by atoms with Crippen LogP contribution in [-0.4, -0.2) is 37.2 Å². The van der Waals surface area contributed by atoms with Crippen LogP contribution in [0.1, 0.15) is 252 Å². The Balaban J connectivity index is 4.22. The van der Waals surface area contributed by atoms with Gasteiger partial charge in [0.1, 0.15) is 13.2 Å². The van der Waals surface area contributed by atoms with E-state index in [1.807, 2.05) is 0 Å². The van der Waals surface area contributed by atoms with E-state index in [0.29, 0.717) is 19.3 Å². The lowest BCUT2D eigenvalue weighted by molar-refractivity contribution is -0.167. The van der Waals surface area contributed by atoms with Crippen LogP contribution in [0.25, 0.3) is 0 Å². The fourth-order valence-corrected chi connectivity index (χ4v) is 7.77. The summed E-state index contributed by atoms with van der Waals surface area (Å²) in [5, 5.41) is 0. The second kappa shape index (κ2) is 60.1. The molecule has 0 aromatic rings. The van der Waals surface area contributed by atoms with Gasteiger partial charge in [-0.15, -0.1) is 0 Å². The molecule has 0 N–H and O–H groups in total. The lowest BCUT2D eigenvalue weighted by Crippen LogP contribution is -2.30. The van der Waals surface area contributed by atoms with Gasteiger partial charge in [-0.25, -0.2) is 0 Å². The molecule has 0 saturated carbocycles. The van der Waals surface area contributed by atoms with Gasteiger partial charge < -0.3 is 14.2 Å². The van der Waals surface area contributed by atoms with Crippen molar-refractivity contribution in [2.45, 2.75) is 258 Å². The van der Waals surface area contributed by atoms with Gasteiger partial charge in [0.05, 0.1) is 0 Å². The Bertz CT molecular complexity index is 1580. The number of hydrogen-bond donors (Lipinski definition) is 0. The summed E-state index contributed by atoms with van der Waals surface area (Å²) in [6.45, 7) is 6.34. The van der Waals surface area contributed by atoms with Crippen molar-refractivity contribution in [3.63, 3.8) is 0 Å². The highest BCUT2D eigenvalue weighted by atomic mass is 16.6. The van der Waals surface area contributed by atoms with Gasteiger partial charge in [-0.1, -0.05) is 251 Å². The third-order valence-corrected chi connectivity index (χ3v) is 12.2. The summed E-state index contributed by atoms with van der Waals surface area (Å²) in [6.07, 6.45) is 84.7. The van der Waals surface area contributed by atoms with Crippen molar-refractivity contribution in [1.29, 1.82) is 0 Å². The van der Waals surface area contributed by atoms with Crippen molar-refractivity contribution in [2.75, 3.05) is 13.2 Å². The van der Waals surface area contributed by atoms with Crippen LogP contribution in [0.5, 0.6) is 0 Å². The van der Waals surface area contributed by atoms with Gasteiger partial charge in [0.15, 0.2) is 6.10 Å². The van der Waals surface area contributed by atoms with E-state index < -0.39 is 6.10 Å². The van der Waals surface area contributed by atoms with Crippen LogP contribution in [0.3, 0.4) is 0 Å². The zero-order chi connectivity index (χ0) is 52.9. The van der Waals surface area contributed by atoms with E-state index in [1.165, 1.54) is 64.2 Å². The van der Waals surface area contributed by atoms with Crippen LogP contribution in [0.15, 0.2) is 134 Å². The first-order valence-corrected chi connectivity index (χ1v) is 29.7. The highest BCUT2D eigenvalue weighted by Crippen LogP contribution is 2.14. The van der Waals surface area contributed by atoms with E-state index in [1.54, 1.807) is 0 Å². The first kappa shape index (κ1) is 68.6. The number of rotatable bonds is 52. The number of esters is 3. The van der Waals surface area contributed by atoms with E-state index in [2.05, 4.69) is 154 Å². The predicted octanol–water partition coefficient (Wildman–Crippen LogP) is 20.2. The quantitative estimate of drug-likeness (QED) is 0.0261. The van der Waals surface area contributed by atoms with Crippen molar-refractivity contribution in [3.05, 3.63) is 134 Å². The zero-order valence-corrected chi connectivity index (χ0v) is 47.1. The standard InChI is InChI=1S/C67H108O6/c1-4-7-10-13-16-18-20-22-24-26-27-28-29-30-31-32-33-34-35-36-37-38-39-41-42-44-46-48-51-54-57-60-66(69)72-63-64(62-71-65(68)59-56-53-50-15-12-9-6-3)73-67(70)61-58-55-52-49-47-45-43-40-25-23-21-19-17-14-11-8-5-2/h7-8,10-11,16-19,22-25,27-28,30-31,33-34,36-37,39,41,64H,4-6,9,12-15,20-21,26,29,32,35,38,40,42-63H2,1-3H3/b10-7-,11-8-,18-16-,19-17-,24-22-,25-23-,28-27-,31-30-,34-33-,37-36-,41-39-. The molecule has 6 nitrogen and oxygen atoms in total. The predicted molar refractivity (Wildman–Crippen MR) is 316 cm³/mol. The number of hydrogen-bond acceptors (Lipinski definition) is 6. The molecule has 0 aromatic heterocycles. The SMILES string of the molecule is CC/C=C\C/C=C\C/C=C\C/C=C\C/C=C\C/C=C\C/C=C\C/C=C\CCCCCCCCC(=O)OCC(COC(=O)CCCCCCCCC)OC(=O)CCCCCCCCC/C=C\C/C=C\C/C=C\CC. The number of allylic oxidation sites excluding steroid dienone is 22. The summed E-state index contributed by atoms with van der Waals surface area (Å²) in [5.41, 5.74) is 0. The van der Waals surface area contributed by atoms with E-state index in [9.17, 15) is 14.4 Å². The second-order valence-corrected chi connectivity index (χ2v) is 19.1. The number of carbonyl (C=O) groups is 3. The van der Waals surface area contributed by atoms with E-state index >= 15 is 0 Å². The summed E-state index contributed by atoms with van der Waals surface area (Å²) in [4.78, 5) is 38.0. The Kier molecular flexibility index (Phi) is 56.4. The molecule has 0 aliphatic heterocycles. The molecule has 0 radical (unpaired) electrons. The van der Waals surface area contributed by atoms with Crippen molar-refractivity contribution in [1.82, 2.24) is 0 Å². The van der Waals surface area contributed by atoms with E-state index in [4.69, 9.17) is 14.2 Å². The second-order valence-electron chi connectivity index (χ2n) is 19.1. The Hall–Kier alpha value is -4.45. The van der Waals surface area contributed by atoms with E-state index in [0.717, 1.165) is 148 Å². The van der Waals surface area contributed by atoms with Crippen molar-refractivity contribution >= 4 is 17.9 Å². The number of ether oxygens (including phenoxy) is 3. The molecule has 0 bridgehead atoms. The number of carbonyl (C=O) groups excluding carboxylic acids is 3. The Labute approximate surface area is 449 Å². The summed E-state index contributed by atoms with van der Waals surface area (Å²) >= 11 is 0. The van der Waals surface area contributed by atoms with Gasteiger partial charge in [-0.05, 0) is 116 Å². The first-order chi connectivity index (χ1) is 36.0. The van der Waals surface area contributed by atoms with Crippen LogP contribution in [0, 0.1) is 0 Å². The lowest BCUT2D eigenvalue weighted by atomic mass is 10.1. The molecule has 0 saturated heterocycles. The average Bonchev–Trinajstić information content (AvgIpc) is 3.39. The largest absolute Gasteiger partial charge is 0.462 e. The normalized spacial score (nSPS) is 13.1. The monoisotopic (exact) mass is 1010 g/mol. The molecule has 0 fully saturated rings. The van der Waals surface area contributed by atoms with Crippen molar-refractivity contribution in [2.24, 2.45) is 0 Å². The van der Waals surface area contributed by atoms with E-state index in [-0.39, 0.29) is 31.1 Å². The molecule has 0 heterocycles. The van der Waals surface area contributed by atoms with Crippen molar-refractivity contribution in [3.8, 4) is 0 Å². The van der Waals surface area contributed by atoms with Crippen LogP contribution >= 0.6 is 0 Å². The highest BCUT2D eigenvalue weighted by Gasteiger charge is 2.19. The minimum atomic E-state index is -0.791. The van der Waals surface area contributed by atoms with Crippen LogP contribution in [0.4, 0.5) is 0 Å². The highest BCUT2D eigenvalue weighted by molar-refractivity contribution is 5.71. The molecular formula is C67H108O6. The molecule has 6 heteroatoms. The molecule has 1 unspecified atom stereocenters. The maximum absolute atomic E-state index is 12.8. The smallest absolute Gasteiger partial charge is 0.306 e. The molecule has 0 aliphatic carbocycles. The van der Waals surface area contributed by atoms with Crippen LogP contribution in [0.2, 0.25) is 0 Å². The van der Waals surface area contributed by atoms with Crippen LogP contribution < -0.4 is 0 Å². The first-order valence-electron chi connectivity index (χ1n) is 29.7. The third kappa shape index (κ3) is 58.3. The number of unbranched alkanes of at least 4 members (excludes halogenated alkanes) is 19. The molecule has 412 valence electrons. The third-order valence-electron chi connectivity index (χ3n) is 12.2. The fraction of sp³-hybridized carbons (Fsp3) is 0.627. The molecule has 1 atom stereocenters. The maximum atomic E-state index is 12.8. The molecule has 0 amide bonds. The fourth-order valence-electron chi connectivity index (χ4n) is 7.77. The molecule has 73 heavy (non-hydrogen) atoms. The Morgan fingerprint density at radius 1 is 0.288 bits per heavy atom. The maximum Gasteiger partial charge on any atom is 0.306 e. The Morgan fingerprint density at radius 2 is 0.534 bits per heavy atom. The molecule has 0 aliphatic rings. The van der Waals surface area contributed by atoms with Gasteiger partial charge in [0, 0.05) is 19.3 Å². The van der Waals surface area contributed by atoms with Gasteiger partial charge in [0.2, 0.25) is 0 Å². The summed E-state index contributed by atoms with van der Waals surface area (Å²) in [6, 6.07) is 0. The molecule has 0 spiro atoms.